The van der Waals surface area contributed by atoms with E-state index in [0.717, 1.165) is 40.8 Å². The van der Waals surface area contributed by atoms with Gasteiger partial charge in [0, 0.05) is 11.3 Å². The molecular weight excluding hydrogens is 448 g/mol. The number of nitrogens with zero attached hydrogens (tertiary/aromatic N) is 2. The Morgan fingerprint density at radius 2 is 1.89 bits per heavy atom. The monoisotopic (exact) mass is 480 g/mol. The van der Waals surface area contributed by atoms with Crippen LogP contribution >= 0.6 is 0 Å². The van der Waals surface area contributed by atoms with E-state index < -0.39 is 23.6 Å². The number of benzene rings is 1. The van der Waals surface area contributed by atoms with Gasteiger partial charge in [0.1, 0.15) is 11.3 Å². The van der Waals surface area contributed by atoms with Crippen molar-refractivity contribution in [3.05, 3.63) is 52.3 Å². The molecule has 0 unspecified atom stereocenters. The number of rotatable bonds is 5. The number of hydrogen-bond acceptors (Lipinski definition) is 7. The Labute approximate surface area is 205 Å². The van der Waals surface area contributed by atoms with Crippen LogP contribution in [0.4, 0.5) is 0 Å². The molecule has 1 aromatic carbocycles. The molecule has 186 valence electrons. The van der Waals surface area contributed by atoms with Crippen LogP contribution in [0.15, 0.2) is 24.4 Å². The van der Waals surface area contributed by atoms with E-state index in [2.05, 4.69) is 11.2 Å². The molecule has 0 bridgehead atoms. The second-order valence-electron chi connectivity index (χ2n) is 9.72. The number of fused-ring (bicyclic) bond motifs is 2. The fourth-order valence-electron chi connectivity index (χ4n) is 4.73. The predicted octanol–water partition coefficient (Wildman–Crippen LogP) is 4.76. The summed E-state index contributed by atoms with van der Waals surface area (Å²) in [4.78, 5) is 25.7. The van der Waals surface area contributed by atoms with E-state index >= 15 is 0 Å². The Morgan fingerprint density at radius 3 is 2.54 bits per heavy atom. The largest absolute Gasteiger partial charge is 0.493 e. The van der Waals surface area contributed by atoms with Crippen LogP contribution in [0, 0.1) is 13.8 Å². The number of hydrogen-bond donors (Lipinski definition) is 0. The SMILES string of the molecule is COC(=O)c1cnn2c(C)c([C@H](OC(C)(C)C)C(=O)OC)c(-c3ccc4c(c3)CCCO4)c(C)c12. The molecule has 1 atom stereocenters. The molecule has 0 saturated heterocycles. The molecule has 1 aliphatic heterocycles. The van der Waals surface area contributed by atoms with Crippen LogP contribution in [0.25, 0.3) is 16.6 Å². The van der Waals surface area contributed by atoms with Gasteiger partial charge in [-0.15, -0.1) is 0 Å². The first-order chi connectivity index (χ1) is 16.6. The fraction of sp³-hybridized carbons (Fsp3) is 0.444. The van der Waals surface area contributed by atoms with Gasteiger partial charge in [0.25, 0.3) is 0 Å². The van der Waals surface area contributed by atoms with Gasteiger partial charge in [0.05, 0.1) is 38.1 Å². The number of carbonyl (C=O) groups excluding carboxylic acids is 2. The van der Waals surface area contributed by atoms with Crippen molar-refractivity contribution in [2.24, 2.45) is 0 Å². The van der Waals surface area contributed by atoms with Gasteiger partial charge < -0.3 is 18.9 Å². The van der Waals surface area contributed by atoms with Crippen molar-refractivity contribution in [2.45, 2.75) is 59.2 Å². The van der Waals surface area contributed by atoms with Crippen molar-refractivity contribution < 1.29 is 28.5 Å². The van der Waals surface area contributed by atoms with E-state index in [4.69, 9.17) is 18.9 Å². The highest BCUT2D eigenvalue weighted by Gasteiger charge is 2.35. The lowest BCUT2D eigenvalue weighted by atomic mass is 9.88. The van der Waals surface area contributed by atoms with Crippen molar-refractivity contribution in [1.29, 1.82) is 0 Å². The molecule has 35 heavy (non-hydrogen) atoms. The smallest absolute Gasteiger partial charge is 0.341 e. The van der Waals surface area contributed by atoms with Gasteiger partial charge >= 0.3 is 11.9 Å². The Kier molecular flexibility index (Phi) is 6.60. The summed E-state index contributed by atoms with van der Waals surface area (Å²) in [7, 11) is 2.69. The van der Waals surface area contributed by atoms with Gasteiger partial charge in [-0.3, -0.25) is 0 Å². The average Bonchev–Trinajstić information content (AvgIpc) is 3.29. The molecule has 0 amide bonds. The van der Waals surface area contributed by atoms with Crippen LogP contribution in [0.2, 0.25) is 0 Å². The maximum atomic E-state index is 13.1. The molecular formula is C27H32N2O6. The molecule has 0 fully saturated rings. The van der Waals surface area contributed by atoms with Crippen molar-refractivity contribution in [2.75, 3.05) is 20.8 Å². The lowest BCUT2D eigenvalue weighted by molar-refractivity contribution is -0.164. The summed E-state index contributed by atoms with van der Waals surface area (Å²) < 4.78 is 23.9. The van der Waals surface area contributed by atoms with Crippen LogP contribution in [-0.4, -0.2) is 48.0 Å². The maximum Gasteiger partial charge on any atom is 0.341 e. The van der Waals surface area contributed by atoms with Crippen molar-refractivity contribution in [3.63, 3.8) is 0 Å². The lowest BCUT2D eigenvalue weighted by Crippen LogP contribution is -2.30. The van der Waals surface area contributed by atoms with E-state index in [1.54, 1.807) is 4.52 Å². The van der Waals surface area contributed by atoms with E-state index in [1.165, 1.54) is 20.4 Å². The van der Waals surface area contributed by atoms with Crippen LogP contribution in [-0.2, 0) is 25.4 Å². The molecule has 0 spiro atoms. The van der Waals surface area contributed by atoms with Crippen LogP contribution in [0.1, 0.15) is 66.0 Å². The van der Waals surface area contributed by atoms with Gasteiger partial charge in [-0.2, -0.15) is 5.10 Å². The summed E-state index contributed by atoms with van der Waals surface area (Å²) in [6, 6.07) is 6.03. The second-order valence-corrected chi connectivity index (χ2v) is 9.72. The zero-order valence-electron chi connectivity index (χ0n) is 21.4. The lowest BCUT2D eigenvalue weighted by Gasteiger charge is -2.30. The van der Waals surface area contributed by atoms with Gasteiger partial charge in [0.15, 0.2) is 6.10 Å². The molecule has 0 aliphatic carbocycles. The topological polar surface area (TPSA) is 88.4 Å². The molecule has 0 saturated carbocycles. The van der Waals surface area contributed by atoms with Gasteiger partial charge in [-0.25, -0.2) is 14.1 Å². The van der Waals surface area contributed by atoms with Gasteiger partial charge in [0.2, 0.25) is 0 Å². The van der Waals surface area contributed by atoms with Gasteiger partial charge in [-0.1, -0.05) is 6.07 Å². The second kappa shape index (κ2) is 9.34. The molecule has 0 radical (unpaired) electrons. The number of aromatic nitrogens is 2. The van der Waals surface area contributed by atoms with Crippen LogP contribution in [0.5, 0.6) is 5.75 Å². The van der Waals surface area contributed by atoms with Crippen molar-refractivity contribution >= 4 is 17.5 Å². The highest BCUT2D eigenvalue weighted by atomic mass is 16.6. The van der Waals surface area contributed by atoms with Crippen molar-refractivity contribution in [1.82, 2.24) is 9.61 Å². The number of ether oxygens (including phenoxy) is 4. The number of methoxy groups -OCH3 is 2. The highest BCUT2D eigenvalue weighted by molar-refractivity contribution is 6.00. The third-order valence-corrected chi connectivity index (χ3v) is 6.23. The van der Waals surface area contributed by atoms with E-state index in [9.17, 15) is 9.59 Å². The van der Waals surface area contributed by atoms with E-state index in [0.29, 0.717) is 28.9 Å². The van der Waals surface area contributed by atoms with Crippen LogP contribution < -0.4 is 4.74 Å². The number of pyridine rings is 1. The maximum absolute atomic E-state index is 13.1. The minimum absolute atomic E-state index is 0.355. The first kappa shape index (κ1) is 24.7. The molecule has 2 aromatic heterocycles. The average molecular weight is 481 g/mol. The van der Waals surface area contributed by atoms with Crippen LogP contribution in [0.3, 0.4) is 0 Å². The first-order valence-corrected chi connectivity index (χ1v) is 11.7. The summed E-state index contributed by atoms with van der Waals surface area (Å²) in [5.74, 6) is -0.118. The fourth-order valence-corrected chi connectivity index (χ4v) is 4.73. The summed E-state index contributed by atoms with van der Waals surface area (Å²) in [6.07, 6.45) is 2.33. The number of esters is 2. The summed E-state index contributed by atoms with van der Waals surface area (Å²) in [5.41, 5.74) is 5.25. The first-order valence-electron chi connectivity index (χ1n) is 11.7. The Bertz CT molecular complexity index is 1300. The third kappa shape index (κ3) is 4.50. The minimum Gasteiger partial charge on any atom is -0.493 e. The highest BCUT2D eigenvalue weighted by Crippen LogP contribution is 2.42. The Hall–Kier alpha value is -3.39. The summed E-state index contributed by atoms with van der Waals surface area (Å²) in [5, 5.41) is 4.47. The number of aryl methyl sites for hydroxylation is 3. The Morgan fingerprint density at radius 1 is 1.14 bits per heavy atom. The molecule has 4 rings (SSSR count). The molecule has 1 aliphatic rings. The predicted molar refractivity (Wildman–Crippen MR) is 131 cm³/mol. The molecule has 8 heteroatoms. The van der Waals surface area contributed by atoms with Gasteiger partial charge in [-0.05, 0) is 81.8 Å². The Balaban J connectivity index is 2.09. The summed E-state index contributed by atoms with van der Waals surface area (Å²) >= 11 is 0. The zero-order chi connectivity index (χ0) is 25.5. The quantitative estimate of drug-likeness (QED) is 0.487. The summed E-state index contributed by atoms with van der Waals surface area (Å²) in [6.45, 7) is 10.2. The van der Waals surface area contributed by atoms with Crippen molar-refractivity contribution in [3.8, 4) is 16.9 Å². The van der Waals surface area contributed by atoms with E-state index in [-0.39, 0.29) is 0 Å². The third-order valence-electron chi connectivity index (χ3n) is 6.23. The number of carbonyl (C=O) groups is 2. The normalized spacial score (nSPS) is 14.3. The molecule has 8 nitrogen and oxygen atoms in total. The van der Waals surface area contributed by atoms with E-state index in [1.807, 2.05) is 46.8 Å². The molecule has 3 aromatic rings. The minimum atomic E-state index is -1.00. The molecule has 0 N–H and O–H groups in total. The standard InChI is InChI=1S/C27H32N2O6/c1-15-21(18-10-11-20-17(13-18)9-8-12-34-20)22(24(26(31)33-7)35-27(3,4)5)16(2)29-23(15)19(14-28-29)25(30)32-6/h10-11,13-14,24H,8-9,12H2,1-7H3/t24-/m0/s1. The zero-order valence-corrected chi connectivity index (χ0v) is 21.4. The molecule has 3 heterocycles.